The van der Waals surface area contributed by atoms with Crippen molar-refractivity contribution < 1.29 is 14.3 Å². The molecule has 0 aliphatic heterocycles. The van der Waals surface area contributed by atoms with Crippen molar-refractivity contribution >= 4 is 17.8 Å². The van der Waals surface area contributed by atoms with Crippen LogP contribution in [0.5, 0.6) is 0 Å². The first-order valence-electron chi connectivity index (χ1n) is 5.10. The monoisotopic (exact) mass is 218 g/mol. The van der Waals surface area contributed by atoms with Gasteiger partial charge in [0.1, 0.15) is 5.57 Å². The first-order chi connectivity index (χ1) is 7.65. The van der Waals surface area contributed by atoms with E-state index in [-0.39, 0.29) is 18.0 Å². The minimum atomic E-state index is -0.571. The quantitative estimate of drug-likeness (QED) is 0.337. The van der Waals surface area contributed by atoms with Gasteiger partial charge in [-0.1, -0.05) is 30.3 Å². The summed E-state index contributed by atoms with van der Waals surface area (Å²) in [6, 6.07) is 9.20. The third-order valence-electron chi connectivity index (χ3n) is 1.99. The molecule has 0 bridgehead atoms. The lowest BCUT2D eigenvalue weighted by atomic mass is 10.1. The number of benzene rings is 1. The molecule has 84 valence electrons. The van der Waals surface area contributed by atoms with Gasteiger partial charge in [-0.3, -0.25) is 4.79 Å². The SMILES string of the molecule is CCOC(=O)/C(=C\c1ccccc1)C(C)=O. The molecule has 0 fully saturated rings. The van der Waals surface area contributed by atoms with E-state index in [0.717, 1.165) is 5.56 Å². The van der Waals surface area contributed by atoms with Gasteiger partial charge in [0.25, 0.3) is 0 Å². The highest BCUT2D eigenvalue weighted by atomic mass is 16.5. The van der Waals surface area contributed by atoms with Crippen LogP contribution in [0.15, 0.2) is 35.9 Å². The fourth-order valence-electron chi connectivity index (χ4n) is 1.23. The highest BCUT2D eigenvalue weighted by Gasteiger charge is 2.15. The largest absolute Gasteiger partial charge is 0.462 e. The van der Waals surface area contributed by atoms with E-state index in [1.807, 2.05) is 30.3 Å². The molecule has 0 aliphatic rings. The third kappa shape index (κ3) is 3.35. The Morgan fingerprint density at radius 2 is 1.88 bits per heavy atom. The second kappa shape index (κ2) is 5.85. The molecule has 0 saturated heterocycles. The van der Waals surface area contributed by atoms with Crippen LogP contribution in [0.2, 0.25) is 0 Å². The Morgan fingerprint density at radius 1 is 1.25 bits per heavy atom. The minimum Gasteiger partial charge on any atom is -0.462 e. The van der Waals surface area contributed by atoms with E-state index in [1.165, 1.54) is 6.92 Å². The fourth-order valence-corrected chi connectivity index (χ4v) is 1.23. The van der Waals surface area contributed by atoms with Crippen LogP contribution in [0.25, 0.3) is 6.08 Å². The van der Waals surface area contributed by atoms with Crippen molar-refractivity contribution in [3.8, 4) is 0 Å². The second-order valence-electron chi connectivity index (χ2n) is 3.25. The van der Waals surface area contributed by atoms with Crippen LogP contribution in [-0.4, -0.2) is 18.4 Å². The smallest absolute Gasteiger partial charge is 0.341 e. The molecule has 0 aliphatic carbocycles. The van der Waals surface area contributed by atoms with E-state index in [9.17, 15) is 9.59 Å². The van der Waals surface area contributed by atoms with Gasteiger partial charge in [-0.15, -0.1) is 0 Å². The summed E-state index contributed by atoms with van der Waals surface area (Å²) in [7, 11) is 0. The van der Waals surface area contributed by atoms with Gasteiger partial charge in [-0.2, -0.15) is 0 Å². The summed E-state index contributed by atoms with van der Waals surface area (Å²) in [6.45, 7) is 3.32. The maximum atomic E-state index is 11.5. The molecular formula is C13H14O3. The summed E-state index contributed by atoms with van der Waals surface area (Å²) in [5.41, 5.74) is 0.883. The van der Waals surface area contributed by atoms with Crippen LogP contribution in [0.1, 0.15) is 19.4 Å². The Hall–Kier alpha value is -1.90. The molecule has 1 aromatic rings. The Kier molecular flexibility index (Phi) is 4.45. The van der Waals surface area contributed by atoms with Gasteiger partial charge in [-0.05, 0) is 25.5 Å². The summed E-state index contributed by atoms with van der Waals surface area (Å²) in [4.78, 5) is 22.8. The van der Waals surface area contributed by atoms with Gasteiger partial charge in [0.15, 0.2) is 5.78 Å². The number of hydrogen-bond acceptors (Lipinski definition) is 3. The van der Waals surface area contributed by atoms with Crippen molar-refractivity contribution in [3.05, 3.63) is 41.5 Å². The van der Waals surface area contributed by atoms with Crippen molar-refractivity contribution in [2.75, 3.05) is 6.61 Å². The number of esters is 1. The van der Waals surface area contributed by atoms with Crippen molar-refractivity contribution in [1.29, 1.82) is 0 Å². The molecule has 0 spiro atoms. The van der Waals surface area contributed by atoms with Gasteiger partial charge in [0.05, 0.1) is 6.61 Å². The summed E-state index contributed by atoms with van der Waals surface area (Å²) < 4.78 is 4.81. The predicted molar refractivity (Wildman–Crippen MR) is 61.7 cm³/mol. The summed E-state index contributed by atoms with van der Waals surface area (Å²) in [6.07, 6.45) is 1.54. The van der Waals surface area contributed by atoms with E-state index >= 15 is 0 Å². The minimum absolute atomic E-state index is 0.0769. The van der Waals surface area contributed by atoms with Gasteiger partial charge in [-0.25, -0.2) is 4.79 Å². The molecule has 3 heteroatoms. The summed E-state index contributed by atoms with van der Waals surface area (Å²) in [5, 5.41) is 0. The maximum absolute atomic E-state index is 11.5. The zero-order chi connectivity index (χ0) is 12.0. The van der Waals surface area contributed by atoms with Crippen molar-refractivity contribution in [2.24, 2.45) is 0 Å². The number of carbonyl (C=O) groups is 2. The fraction of sp³-hybridized carbons (Fsp3) is 0.231. The van der Waals surface area contributed by atoms with E-state index in [4.69, 9.17) is 4.74 Å². The Labute approximate surface area is 94.7 Å². The van der Waals surface area contributed by atoms with E-state index in [0.29, 0.717) is 0 Å². The van der Waals surface area contributed by atoms with Crippen LogP contribution in [-0.2, 0) is 14.3 Å². The van der Waals surface area contributed by atoms with Crippen LogP contribution in [0.3, 0.4) is 0 Å². The summed E-state index contributed by atoms with van der Waals surface area (Å²) in [5.74, 6) is -0.860. The second-order valence-corrected chi connectivity index (χ2v) is 3.25. The van der Waals surface area contributed by atoms with Gasteiger partial charge >= 0.3 is 5.97 Å². The van der Waals surface area contributed by atoms with E-state index in [2.05, 4.69) is 0 Å². The van der Waals surface area contributed by atoms with Gasteiger partial charge in [0.2, 0.25) is 0 Å². The number of ketones is 1. The molecule has 0 unspecified atom stereocenters. The number of ether oxygens (including phenoxy) is 1. The number of rotatable bonds is 4. The lowest BCUT2D eigenvalue weighted by molar-refractivity contribution is -0.139. The average Bonchev–Trinajstić information content (AvgIpc) is 2.27. The number of hydrogen-bond donors (Lipinski definition) is 0. The van der Waals surface area contributed by atoms with Crippen molar-refractivity contribution in [1.82, 2.24) is 0 Å². The average molecular weight is 218 g/mol. The lowest BCUT2D eigenvalue weighted by Gasteiger charge is -2.03. The lowest BCUT2D eigenvalue weighted by Crippen LogP contribution is -2.13. The highest BCUT2D eigenvalue weighted by molar-refractivity contribution is 6.19. The molecule has 0 saturated carbocycles. The molecule has 0 N–H and O–H groups in total. The standard InChI is InChI=1S/C13H14O3/c1-3-16-13(15)12(10(2)14)9-11-7-5-4-6-8-11/h4-9H,3H2,1-2H3/b12-9-. The molecule has 0 radical (unpaired) electrons. The zero-order valence-electron chi connectivity index (χ0n) is 9.40. The van der Waals surface area contributed by atoms with Crippen LogP contribution >= 0.6 is 0 Å². The van der Waals surface area contributed by atoms with E-state index in [1.54, 1.807) is 13.0 Å². The van der Waals surface area contributed by atoms with Crippen LogP contribution in [0, 0.1) is 0 Å². The first-order valence-corrected chi connectivity index (χ1v) is 5.10. The molecule has 0 amide bonds. The molecule has 0 heterocycles. The Morgan fingerprint density at radius 3 is 2.38 bits per heavy atom. The van der Waals surface area contributed by atoms with Crippen LogP contribution in [0.4, 0.5) is 0 Å². The molecule has 1 rings (SSSR count). The van der Waals surface area contributed by atoms with Crippen molar-refractivity contribution in [2.45, 2.75) is 13.8 Å². The summed E-state index contributed by atoms with van der Waals surface area (Å²) >= 11 is 0. The molecule has 0 atom stereocenters. The van der Waals surface area contributed by atoms with E-state index < -0.39 is 5.97 Å². The molecule has 1 aromatic carbocycles. The normalized spacial score (nSPS) is 11.0. The van der Waals surface area contributed by atoms with Crippen LogP contribution < -0.4 is 0 Å². The first kappa shape index (κ1) is 12.2. The Balaban J connectivity index is 2.99. The predicted octanol–water partition coefficient (Wildman–Crippen LogP) is 2.22. The number of carbonyl (C=O) groups excluding carboxylic acids is 2. The zero-order valence-corrected chi connectivity index (χ0v) is 9.40. The molecule has 16 heavy (non-hydrogen) atoms. The third-order valence-corrected chi connectivity index (χ3v) is 1.99. The topological polar surface area (TPSA) is 43.4 Å². The van der Waals surface area contributed by atoms with Gasteiger partial charge in [0, 0.05) is 0 Å². The number of Topliss-reactive ketones (excluding diaryl/α,β-unsaturated/α-hetero) is 1. The Bertz CT molecular complexity index is 404. The molecule has 0 aromatic heterocycles. The molecular weight excluding hydrogens is 204 g/mol. The van der Waals surface area contributed by atoms with Crippen molar-refractivity contribution in [3.63, 3.8) is 0 Å². The molecule has 3 nitrogen and oxygen atoms in total. The maximum Gasteiger partial charge on any atom is 0.341 e. The van der Waals surface area contributed by atoms with Gasteiger partial charge < -0.3 is 4.74 Å². The highest BCUT2D eigenvalue weighted by Crippen LogP contribution is 2.09.